The summed E-state index contributed by atoms with van der Waals surface area (Å²) in [5.41, 5.74) is 3.08. The van der Waals surface area contributed by atoms with E-state index in [1.165, 1.54) is 89.3 Å². The average Bonchev–Trinajstić information content (AvgIpc) is 2.75. The van der Waals surface area contributed by atoms with Gasteiger partial charge in [-0.05, 0) is 86.6 Å². The summed E-state index contributed by atoms with van der Waals surface area (Å²) in [7, 11) is 1.83. The van der Waals surface area contributed by atoms with Gasteiger partial charge in [-0.15, -0.1) is 0 Å². The van der Waals surface area contributed by atoms with Crippen molar-refractivity contribution in [3.63, 3.8) is 0 Å². The number of fused-ring (bicyclic) bond motifs is 1. The Labute approximate surface area is 166 Å². The van der Waals surface area contributed by atoms with Crippen LogP contribution in [-0.2, 0) is 6.42 Å². The molecule has 27 heavy (non-hydrogen) atoms. The molecule has 150 valence electrons. The van der Waals surface area contributed by atoms with Gasteiger partial charge in [0.05, 0.1) is 7.11 Å². The molecular formula is C25H39NO. The zero-order valence-corrected chi connectivity index (χ0v) is 17.6. The molecular weight excluding hydrogens is 330 g/mol. The van der Waals surface area contributed by atoms with E-state index in [2.05, 4.69) is 30.0 Å². The second kappa shape index (κ2) is 8.99. The van der Waals surface area contributed by atoms with E-state index >= 15 is 0 Å². The van der Waals surface area contributed by atoms with Gasteiger partial charge in [0.15, 0.2) is 0 Å². The third kappa shape index (κ3) is 4.06. The molecule has 0 aromatic heterocycles. The van der Waals surface area contributed by atoms with Gasteiger partial charge < -0.3 is 4.74 Å². The molecule has 2 heteroatoms. The zero-order chi connectivity index (χ0) is 18.6. The predicted octanol–water partition coefficient (Wildman–Crippen LogP) is 6.19. The van der Waals surface area contributed by atoms with Crippen molar-refractivity contribution >= 4 is 0 Å². The van der Waals surface area contributed by atoms with E-state index in [9.17, 15) is 0 Å². The Hall–Kier alpha value is -1.02. The molecule has 0 N–H and O–H groups in total. The first kappa shape index (κ1) is 19.3. The third-order valence-electron chi connectivity index (χ3n) is 7.97. The van der Waals surface area contributed by atoms with E-state index in [0.717, 1.165) is 17.6 Å². The lowest BCUT2D eigenvalue weighted by atomic mass is 9.74. The lowest BCUT2D eigenvalue weighted by Crippen LogP contribution is -2.46. The van der Waals surface area contributed by atoms with Crippen molar-refractivity contribution in [2.45, 2.75) is 89.5 Å². The number of nitrogens with zero attached hydrogens (tertiary/aromatic N) is 1. The average molecular weight is 370 g/mol. The van der Waals surface area contributed by atoms with Gasteiger partial charge in [0.1, 0.15) is 5.75 Å². The van der Waals surface area contributed by atoms with E-state index in [0.29, 0.717) is 12.0 Å². The maximum absolute atomic E-state index is 5.69. The molecule has 1 heterocycles. The molecule has 0 radical (unpaired) electrons. The summed E-state index contributed by atoms with van der Waals surface area (Å²) in [5, 5.41) is 0. The first-order valence-electron chi connectivity index (χ1n) is 11.7. The minimum absolute atomic E-state index is 0.695. The summed E-state index contributed by atoms with van der Waals surface area (Å²) >= 11 is 0. The summed E-state index contributed by atoms with van der Waals surface area (Å²) in [6.07, 6.45) is 15.5. The van der Waals surface area contributed by atoms with Crippen LogP contribution in [0.1, 0.15) is 88.2 Å². The summed E-state index contributed by atoms with van der Waals surface area (Å²) in [6, 6.07) is 7.46. The van der Waals surface area contributed by atoms with E-state index in [1.54, 1.807) is 5.56 Å². The molecule has 1 aliphatic heterocycles. The van der Waals surface area contributed by atoms with Crippen molar-refractivity contribution in [1.29, 1.82) is 0 Å². The van der Waals surface area contributed by atoms with Gasteiger partial charge in [0.2, 0.25) is 0 Å². The monoisotopic (exact) mass is 369 g/mol. The molecule has 1 saturated carbocycles. The van der Waals surface area contributed by atoms with Crippen LogP contribution in [0, 0.1) is 11.8 Å². The highest BCUT2D eigenvalue weighted by Crippen LogP contribution is 2.42. The largest absolute Gasteiger partial charge is 0.496 e. The van der Waals surface area contributed by atoms with E-state index in [4.69, 9.17) is 4.74 Å². The summed E-state index contributed by atoms with van der Waals surface area (Å²) in [6.45, 7) is 5.07. The number of hydrogen-bond donors (Lipinski definition) is 0. The van der Waals surface area contributed by atoms with Crippen LogP contribution in [0.4, 0.5) is 0 Å². The van der Waals surface area contributed by atoms with Gasteiger partial charge in [-0.3, -0.25) is 4.90 Å². The normalized spacial score (nSPS) is 26.5. The number of piperidine rings is 1. The van der Waals surface area contributed by atoms with Crippen molar-refractivity contribution in [3.05, 3.63) is 29.3 Å². The molecule has 2 atom stereocenters. The molecule has 0 spiro atoms. The molecule has 2 aliphatic carbocycles. The minimum Gasteiger partial charge on any atom is -0.496 e. The number of methoxy groups -OCH3 is 1. The molecule has 0 amide bonds. The van der Waals surface area contributed by atoms with Crippen LogP contribution in [0.25, 0.3) is 0 Å². The van der Waals surface area contributed by atoms with Crippen LogP contribution in [0.5, 0.6) is 5.75 Å². The lowest BCUT2D eigenvalue weighted by Gasteiger charge is -2.44. The van der Waals surface area contributed by atoms with Gasteiger partial charge in [-0.2, -0.15) is 0 Å². The number of hydrogen-bond acceptors (Lipinski definition) is 2. The first-order chi connectivity index (χ1) is 13.3. The van der Waals surface area contributed by atoms with Crippen LogP contribution < -0.4 is 4.74 Å². The van der Waals surface area contributed by atoms with Gasteiger partial charge >= 0.3 is 0 Å². The summed E-state index contributed by atoms with van der Waals surface area (Å²) in [5.74, 6) is 3.86. The van der Waals surface area contributed by atoms with Gasteiger partial charge in [-0.25, -0.2) is 0 Å². The number of rotatable bonds is 5. The van der Waals surface area contributed by atoms with Crippen LogP contribution >= 0.6 is 0 Å². The lowest BCUT2D eigenvalue weighted by molar-refractivity contribution is 0.0784. The summed E-state index contributed by atoms with van der Waals surface area (Å²) in [4.78, 5) is 2.86. The van der Waals surface area contributed by atoms with Crippen LogP contribution in [0.2, 0.25) is 0 Å². The molecule has 1 saturated heterocycles. The Balaban J connectivity index is 1.45. The van der Waals surface area contributed by atoms with E-state index < -0.39 is 0 Å². The second-order valence-corrected chi connectivity index (χ2v) is 9.27. The van der Waals surface area contributed by atoms with Crippen molar-refractivity contribution in [3.8, 4) is 5.75 Å². The van der Waals surface area contributed by atoms with Crippen LogP contribution in [0.15, 0.2) is 18.2 Å². The summed E-state index contributed by atoms with van der Waals surface area (Å²) < 4.78 is 5.69. The predicted molar refractivity (Wildman–Crippen MR) is 114 cm³/mol. The van der Waals surface area contributed by atoms with Crippen molar-refractivity contribution in [2.75, 3.05) is 20.2 Å². The molecule has 1 aromatic carbocycles. The third-order valence-corrected chi connectivity index (χ3v) is 7.97. The molecule has 2 unspecified atom stereocenters. The van der Waals surface area contributed by atoms with Crippen molar-refractivity contribution < 1.29 is 4.74 Å². The molecule has 2 fully saturated rings. The Morgan fingerprint density at radius 3 is 2.41 bits per heavy atom. The standard InChI is InChI=1S/C25H39NO/c1-3-24(22-12-7-13-23-21(22)11-8-14-25(23)27-2)26-17-15-20(16-18-26)19-9-5-4-6-10-19/h8,11,14,19-20,22,24H,3-7,9-10,12-13,15-18H2,1-2H3. The number of likely N-dealkylation sites (tertiary alicyclic amines) is 1. The maximum atomic E-state index is 5.69. The number of ether oxygens (including phenoxy) is 1. The smallest absolute Gasteiger partial charge is 0.122 e. The maximum Gasteiger partial charge on any atom is 0.122 e. The zero-order valence-electron chi connectivity index (χ0n) is 17.6. The molecule has 3 aliphatic rings. The molecule has 0 bridgehead atoms. The topological polar surface area (TPSA) is 12.5 Å². The highest BCUT2D eigenvalue weighted by molar-refractivity contribution is 5.44. The van der Waals surface area contributed by atoms with Gasteiger partial charge in [-0.1, -0.05) is 51.2 Å². The molecule has 4 rings (SSSR count). The Morgan fingerprint density at radius 1 is 0.963 bits per heavy atom. The van der Waals surface area contributed by atoms with Crippen molar-refractivity contribution in [1.82, 2.24) is 4.90 Å². The fourth-order valence-corrected chi connectivity index (χ4v) is 6.57. The van der Waals surface area contributed by atoms with Crippen LogP contribution in [0.3, 0.4) is 0 Å². The SMILES string of the molecule is CCC(C1CCCc2c(OC)cccc21)N1CCC(C2CCCCC2)CC1. The quantitative estimate of drug-likeness (QED) is 0.614. The van der Waals surface area contributed by atoms with E-state index in [-0.39, 0.29) is 0 Å². The minimum atomic E-state index is 0.695. The first-order valence-corrected chi connectivity index (χ1v) is 11.7. The molecule has 1 aromatic rings. The highest BCUT2D eigenvalue weighted by atomic mass is 16.5. The Morgan fingerprint density at radius 2 is 1.70 bits per heavy atom. The fourth-order valence-electron chi connectivity index (χ4n) is 6.57. The van der Waals surface area contributed by atoms with Crippen molar-refractivity contribution in [2.24, 2.45) is 11.8 Å². The van der Waals surface area contributed by atoms with Gasteiger partial charge in [0, 0.05) is 6.04 Å². The Kier molecular flexibility index (Phi) is 6.42. The highest BCUT2D eigenvalue weighted by Gasteiger charge is 2.35. The number of benzene rings is 1. The Bertz CT molecular complexity index is 598. The second-order valence-electron chi connectivity index (χ2n) is 9.27. The van der Waals surface area contributed by atoms with Crippen LogP contribution in [-0.4, -0.2) is 31.1 Å². The molecule has 2 nitrogen and oxygen atoms in total. The fraction of sp³-hybridized carbons (Fsp3) is 0.760. The van der Waals surface area contributed by atoms with Gasteiger partial charge in [0.25, 0.3) is 0 Å². The van der Waals surface area contributed by atoms with E-state index in [1.807, 2.05) is 7.11 Å².